The van der Waals surface area contributed by atoms with Gasteiger partial charge in [0.2, 0.25) is 0 Å². The molecule has 1 unspecified atom stereocenters. The Morgan fingerprint density at radius 3 is 2.53 bits per heavy atom. The first-order valence-corrected chi connectivity index (χ1v) is 8.24. The van der Waals surface area contributed by atoms with Crippen LogP contribution in [0.25, 0.3) is 0 Å². The van der Waals surface area contributed by atoms with E-state index < -0.39 is 0 Å². The molecule has 1 saturated carbocycles. The van der Waals surface area contributed by atoms with Gasteiger partial charge in [-0.25, -0.2) is 0 Å². The van der Waals surface area contributed by atoms with Gasteiger partial charge in [0.1, 0.15) is 0 Å². The average molecular weight is 256 g/mol. The van der Waals surface area contributed by atoms with Crippen molar-refractivity contribution < 1.29 is 0 Å². The summed E-state index contributed by atoms with van der Waals surface area (Å²) in [5.74, 6) is 3.48. The van der Waals surface area contributed by atoms with Crippen LogP contribution >= 0.6 is 11.8 Å². The quantitative estimate of drug-likeness (QED) is 0.820. The van der Waals surface area contributed by atoms with Crippen LogP contribution in [0, 0.1) is 11.3 Å². The minimum Gasteiger partial charge on any atom is -0.329 e. The van der Waals surface area contributed by atoms with Crippen LogP contribution in [-0.2, 0) is 0 Å². The third-order valence-corrected chi connectivity index (χ3v) is 6.15. The van der Waals surface area contributed by atoms with Gasteiger partial charge in [0.05, 0.1) is 0 Å². The Labute approximate surface area is 111 Å². The molecule has 0 radical (unpaired) electrons. The van der Waals surface area contributed by atoms with E-state index in [2.05, 4.69) is 37.4 Å². The lowest BCUT2D eigenvalue weighted by Crippen LogP contribution is -2.66. The molecule has 1 aliphatic carbocycles. The smallest absolute Gasteiger partial charge is 0.0472 e. The van der Waals surface area contributed by atoms with Gasteiger partial charge in [-0.1, -0.05) is 20.8 Å². The largest absolute Gasteiger partial charge is 0.329 e. The zero-order valence-electron chi connectivity index (χ0n) is 11.7. The van der Waals surface area contributed by atoms with Crippen LogP contribution in [-0.4, -0.2) is 41.6 Å². The highest BCUT2D eigenvalue weighted by Gasteiger charge is 2.50. The van der Waals surface area contributed by atoms with Crippen LogP contribution in [0.5, 0.6) is 0 Å². The third-order valence-electron chi connectivity index (χ3n) is 4.97. The number of hydrogen-bond donors (Lipinski definition) is 1. The Bertz CT molecular complexity index is 263. The number of thioether (sulfide) groups is 1. The van der Waals surface area contributed by atoms with E-state index in [0.717, 1.165) is 19.0 Å². The van der Waals surface area contributed by atoms with Crippen molar-refractivity contribution in [1.29, 1.82) is 0 Å². The normalized spacial score (nSPS) is 33.0. The molecule has 2 fully saturated rings. The fourth-order valence-corrected chi connectivity index (χ4v) is 5.03. The molecule has 1 aliphatic heterocycles. The van der Waals surface area contributed by atoms with E-state index >= 15 is 0 Å². The van der Waals surface area contributed by atoms with Crippen LogP contribution in [0.3, 0.4) is 0 Å². The summed E-state index contributed by atoms with van der Waals surface area (Å²) < 4.78 is 0. The van der Waals surface area contributed by atoms with E-state index in [4.69, 9.17) is 5.73 Å². The summed E-state index contributed by atoms with van der Waals surface area (Å²) in [6.07, 6.45) is 4.17. The fraction of sp³-hybridized carbons (Fsp3) is 1.00. The molecule has 0 aromatic carbocycles. The Morgan fingerprint density at radius 2 is 2.06 bits per heavy atom. The van der Waals surface area contributed by atoms with Gasteiger partial charge < -0.3 is 5.73 Å². The minimum atomic E-state index is 0.229. The van der Waals surface area contributed by atoms with Crippen molar-refractivity contribution in [1.82, 2.24) is 4.90 Å². The lowest BCUT2D eigenvalue weighted by atomic mass is 9.69. The Hall–Kier alpha value is 0.270. The zero-order valence-corrected chi connectivity index (χ0v) is 12.5. The highest BCUT2D eigenvalue weighted by Crippen LogP contribution is 2.46. The molecule has 0 aromatic rings. The van der Waals surface area contributed by atoms with E-state index in [9.17, 15) is 0 Å². The van der Waals surface area contributed by atoms with Crippen LogP contribution in [0.2, 0.25) is 0 Å². The van der Waals surface area contributed by atoms with Crippen molar-refractivity contribution in [2.45, 2.75) is 45.6 Å². The minimum absolute atomic E-state index is 0.229. The second-order valence-electron chi connectivity index (χ2n) is 6.40. The highest BCUT2D eigenvalue weighted by molar-refractivity contribution is 7.99. The average Bonchev–Trinajstić information content (AvgIpc) is 3.10. The van der Waals surface area contributed by atoms with Gasteiger partial charge in [0.15, 0.2) is 0 Å². The molecule has 3 heteroatoms. The predicted octanol–water partition coefficient (Wildman–Crippen LogP) is 2.58. The standard InChI is InChI=1S/C14H28N2S/c1-4-16(9-12-5-6-12)14(10-15)11-17-8-7-13(14,2)3/h12H,4-11,15H2,1-3H3. The summed E-state index contributed by atoms with van der Waals surface area (Å²) in [5, 5.41) is 0. The molecule has 2 nitrogen and oxygen atoms in total. The van der Waals surface area contributed by atoms with Gasteiger partial charge in [-0.15, -0.1) is 0 Å². The number of likely N-dealkylation sites (N-methyl/N-ethyl adjacent to an activating group) is 1. The Kier molecular flexibility index (Phi) is 4.11. The molecule has 1 saturated heterocycles. The zero-order chi connectivity index (χ0) is 12.5. The molecule has 0 amide bonds. The van der Waals surface area contributed by atoms with E-state index in [-0.39, 0.29) is 5.54 Å². The molecule has 0 spiro atoms. The molecule has 2 aliphatic rings. The van der Waals surface area contributed by atoms with Gasteiger partial charge in [-0.3, -0.25) is 4.90 Å². The van der Waals surface area contributed by atoms with Crippen molar-refractivity contribution in [3.8, 4) is 0 Å². The topological polar surface area (TPSA) is 29.3 Å². The summed E-state index contributed by atoms with van der Waals surface area (Å²) in [5.41, 5.74) is 6.82. The van der Waals surface area contributed by atoms with Gasteiger partial charge >= 0.3 is 0 Å². The van der Waals surface area contributed by atoms with E-state index in [1.807, 2.05) is 0 Å². The van der Waals surface area contributed by atoms with Gasteiger partial charge in [0.25, 0.3) is 0 Å². The third kappa shape index (κ3) is 2.52. The maximum absolute atomic E-state index is 6.23. The lowest BCUT2D eigenvalue weighted by Gasteiger charge is -2.55. The molecule has 2 rings (SSSR count). The first-order valence-electron chi connectivity index (χ1n) is 7.08. The van der Waals surface area contributed by atoms with Crippen molar-refractivity contribution in [3.05, 3.63) is 0 Å². The number of nitrogens with zero attached hydrogens (tertiary/aromatic N) is 1. The molecule has 0 bridgehead atoms. The number of nitrogens with two attached hydrogens (primary N) is 1. The van der Waals surface area contributed by atoms with E-state index in [0.29, 0.717) is 5.41 Å². The van der Waals surface area contributed by atoms with Crippen molar-refractivity contribution in [2.75, 3.05) is 31.1 Å². The molecule has 2 N–H and O–H groups in total. The van der Waals surface area contributed by atoms with Crippen LogP contribution < -0.4 is 5.73 Å². The molecule has 1 heterocycles. The highest BCUT2D eigenvalue weighted by atomic mass is 32.2. The first-order chi connectivity index (χ1) is 8.05. The fourth-order valence-electron chi connectivity index (χ4n) is 3.20. The predicted molar refractivity (Wildman–Crippen MR) is 77.5 cm³/mol. The Morgan fingerprint density at radius 1 is 1.35 bits per heavy atom. The maximum Gasteiger partial charge on any atom is 0.0472 e. The maximum atomic E-state index is 6.23. The van der Waals surface area contributed by atoms with Gasteiger partial charge in [-0.2, -0.15) is 11.8 Å². The van der Waals surface area contributed by atoms with Crippen molar-refractivity contribution >= 4 is 11.8 Å². The molecule has 1 atom stereocenters. The summed E-state index contributed by atoms with van der Waals surface area (Å²) in [7, 11) is 0. The SMILES string of the molecule is CCN(CC1CC1)C1(CN)CSCCC1(C)C. The summed E-state index contributed by atoms with van der Waals surface area (Å²) in [6.45, 7) is 10.4. The summed E-state index contributed by atoms with van der Waals surface area (Å²) >= 11 is 2.10. The first kappa shape index (κ1) is 13.7. The number of rotatable bonds is 5. The van der Waals surface area contributed by atoms with Crippen molar-refractivity contribution in [2.24, 2.45) is 17.1 Å². The van der Waals surface area contributed by atoms with Gasteiger partial charge in [0, 0.05) is 24.4 Å². The summed E-state index contributed by atoms with van der Waals surface area (Å²) in [6, 6.07) is 0. The van der Waals surface area contributed by atoms with E-state index in [1.54, 1.807) is 0 Å². The van der Waals surface area contributed by atoms with Crippen LogP contribution in [0.15, 0.2) is 0 Å². The molecule has 17 heavy (non-hydrogen) atoms. The number of hydrogen-bond acceptors (Lipinski definition) is 3. The van der Waals surface area contributed by atoms with Crippen LogP contribution in [0.4, 0.5) is 0 Å². The van der Waals surface area contributed by atoms with Crippen LogP contribution in [0.1, 0.15) is 40.0 Å². The summed E-state index contributed by atoms with van der Waals surface area (Å²) in [4.78, 5) is 2.71. The lowest BCUT2D eigenvalue weighted by molar-refractivity contribution is 0.00168. The molecule has 0 aromatic heterocycles. The molecular formula is C14H28N2S. The van der Waals surface area contributed by atoms with Gasteiger partial charge in [-0.05, 0) is 42.9 Å². The molecule has 100 valence electrons. The van der Waals surface area contributed by atoms with E-state index in [1.165, 1.54) is 37.3 Å². The van der Waals surface area contributed by atoms with Crippen molar-refractivity contribution in [3.63, 3.8) is 0 Å². The second kappa shape index (κ2) is 5.10. The monoisotopic (exact) mass is 256 g/mol. The Balaban J connectivity index is 2.18. The molecular weight excluding hydrogens is 228 g/mol. The second-order valence-corrected chi connectivity index (χ2v) is 7.51.